The van der Waals surface area contributed by atoms with Crippen molar-refractivity contribution in [2.75, 3.05) is 18.2 Å². The predicted molar refractivity (Wildman–Crippen MR) is 99.1 cm³/mol. The van der Waals surface area contributed by atoms with Crippen molar-refractivity contribution in [1.29, 1.82) is 5.26 Å². The first kappa shape index (κ1) is 17.6. The molecule has 0 bridgehead atoms. The second-order valence-corrected chi connectivity index (χ2v) is 6.26. The van der Waals surface area contributed by atoms with E-state index in [0.717, 1.165) is 16.9 Å². The summed E-state index contributed by atoms with van der Waals surface area (Å²) in [6, 6.07) is 17.0. The fourth-order valence-electron chi connectivity index (χ4n) is 2.72. The van der Waals surface area contributed by atoms with Gasteiger partial charge in [0.2, 0.25) is 0 Å². The summed E-state index contributed by atoms with van der Waals surface area (Å²) in [7, 11) is 0. The van der Waals surface area contributed by atoms with Gasteiger partial charge in [0.25, 0.3) is 0 Å². The van der Waals surface area contributed by atoms with Gasteiger partial charge in [0.05, 0.1) is 24.0 Å². The van der Waals surface area contributed by atoms with Gasteiger partial charge in [-0.05, 0) is 35.9 Å². The SMILES string of the molecule is N#Cc1ccc(CN2CN(c3cccc(Cl)c3)C=C2COC(N)=O)cc1. The van der Waals surface area contributed by atoms with Crippen LogP contribution in [-0.2, 0) is 11.3 Å². The Morgan fingerprint density at radius 1 is 1.27 bits per heavy atom. The molecular formula is C19H17ClN4O2. The number of halogens is 1. The predicted octanol–water partition coefficient (Wildman–Crippen LogP) is 3.43. The van der Waals surface area contributed by atoms with Gasteiger partial charge in [-0.2, -0.15) is 5.26 Å². The number of ether oxygens (including phenoxy) is 1. The maximum atomic E-state index is 11.0. The van der Waals surface area contributed by atoms with Crippen molar-refractivity contribution in [3.05, 3.63) is 76.6 Å². The van der Waals surface area contributed by atoms with E-state index in [9.17, 15) is 4.79 Å². The van der Waals surface area contributed by atoms with Crippen molar-refractivity contribution in [1.82, 2.24) is 4.90 Å². The number of nitriles is 1. The van der Waals surface area contributed by atoms with E-state index in [2.05, 4.69) is 11.0 Å². The third-order valence-corrected chi connectivity index (χ3v) is 4.23. The third kappa shape index (κ3) is 4.26. The Kier molecular flexibility index (Phi) is 5.30. The van der Waals surface area contributed by atoms with E-state index in [1.54, 1.807) is 12.1 Å². The number of amides is 1. The maximum absolute atomic E-state index is 11.0. The number of carbonyl (C=O) groups excluding carboxylic acids is 1. The van der Waals surface area contributed by atoms with Gasteiger partial charge in [-0.1, -0.05) is 29.8 Å². The number of benzene rings is 2. The molecule has 2 aromatic rings. The van der Waals surface area contributed by atoms with Crippen LogP contribution in [-0.4, -0.2) is 24.3 Å². The van der Waals surface area contributed by atoms with Crippen molar-refractivity contribution in [3.8, 4) is 6.07 Å². The van der Waals surface area contributed by atoms with Gasteiger partial charge in [0, 0.05) is 23.5 Å². The molecular weight excluding hydrogens is 352 g/mol. The molecule has 26 heavy (non-hydrogen) atoms. The van der Waals surface area contributed by atoms with Gasteiger partial charge in [-0.25, -0.2) is 4.79 Å². The van der Waals surface area contributed by atoms with Crippen molar-refractivity contribution >= 4 is 23.4 Å². The van der Waals surface area contributed by atoms with E-state index < -0.39 is 6.09 Å². The number of anilines is 1. The summed E-state index contributed by atoms with van der Waals surface area (Å²) in [4.78, 5) is 15.1. The standard InChI is InChI=1S/C19H17ClN4O2/c20-16-2-1-3-17(8-16)24-11-18(12-26-19(22)25)23(13-24)10-15-6-4-14(9-21)5-7-15/h1-8,11H,10,12-13H2,(H2,22,25). The molecule has 2 N–H and O–H groups in total. The third-order valence-electron chi connectivity index (χ3n) is 3.99. The van der Waals surface area contributed by atoms with Gasteiger partial charge >= 0.3 is 6.09 Å². The van der Waals surface area contributed by atoms with E-state index in [1.165, 1.54) is 0 Å². The van der Waals surface area contributed by atoms with Crippen LogP contribution < -0.4 is 10.6 Å². The quantitative estimate of drug-likeness (QED) is 0.874. The van der Waals surface area contributed by atoms with E-state index in [4.69, 9.17) is 27.3 Å². The number of primary amides is 1. The minimum absolute atomic E-state index is 0.0860. The molecule has 0 radical (unpaired) electrons. The number of nitrogens with zero attached hydrogens (tertiary/aromatic N) is 3. The molecule has 0 aromatic heterocycles. The summed E-state index contributed by atoms with van der Waals surface area (Å²) in [5, 5.41) is 9.56. The molecule has 7 heteroatoms. The number of nitrogens with two attached hydrogens (primary N) is 1. The van der Waals surface area contributed by atoms with Crippen LogP contribution in [0.3, 0.4) is 0 Å². The highest BCUT2D eigenvalue weighted by molar-refractivity contribution is 6.30. The van der Waals surface area contributed by atoms with Crippen LogP contribution in [0.15, 0.2) is 60.4 Å². The molecule has 0 aliphatic carbocycles. The first-order valence-electron chi connectivity index (χ1n) is 7.94. The maximum Gasteiger partial charge on any atom is 0.404 e. The van der Waals surface area contributed by atoms with Crippen LogP contribution in [0.5, 0.6) is 0 Å². The fourth-order valence-corrected chi connectivity index (χ4v) is 2.90. The molecule has 6 nitrogen and oxygen atoms in total. The molecule has 0 fully saturated rings. The molecule has 2 aromatic carbocycles. The summed E-state index contributed by atoms with van der Waals surface area (Å²) >= 11 is 6.08. The molecule has 0 saturated carbocycles. The Morgan fingerprint density at radius 2 is 2.04 bits per heavy atom. The molecule has 1 amide bonds. The molecule has 0 saturated heterocycles. The van der Waals surface area contributed by atoms with Gasteiger partial charge in [0.15, 0.2) is 0 Å². The Hall–Kier alpha value is -3.17. The summed E-state index contributed by atoms with van der Waals surface area (Å²) in [5.41, 5.74) is 8.52. The fraction of sp³-hybridized carbons (Fsp3) is 0.158. The molecule has 0 atom stereocenters. The van der Waals surface area contributed by atoms with Crippen LogP contribution in [0, 0.1) is 11.3 Å². The highest BCUT2D eigenvalue weighted by Gasteiger charge is 2.23. The lowest BCUT2D eigenvalue weighted by molar-refractivity contribution is 0.156. The Bertz CT molecular complexity index is 874. The van der Waals surface area contributed by atoms with Crippen LogP contribution in [0.25, 0.3) is 0 Å². The van der Waals surface area contributed by atoms with Crippen LogP contribution in [0.2, 0.25) is 5.02 Å². The zero-order valence-corrected chi connectivity index (χ0v) is 14.7. The van der Waals surface area contributed by atoms with Crippen molar-refractivity contribution in [2.45, 2.75) is 6.54 Å². The molecule has 0 unspecified atom stereocenters. The van der Waals surface area contributed by atoms with Crippen molar-refractivity contribution < 1.29 is 9.53 Å². The first-order valence-corrected chi connectivity index (χ1v) is 8.32. The largest absolute Gasteiger partial charge is 0.443 e. The van der Waals surface area contributed by atoms with Crippen molar-refractivity contribution in [3.63, 3.8) is 0 Å². The smallest absolute Gasteiger partial charge is 0.404 e. The molecule has 3 rings (SSSR count). The molecule has 0 spiro atoms. The zero-order valence-electron chi connectivity index (χ0n) is 13.9. The zero-order chi connectivity index (χ0) is 18.5. The van der Waals surface area contributed by atoms with E-state index >= 15 is 0 Å². The van der Waals surface area contributed by atoms with E-state index in [1.807, 2.05) is 47.5 Å². The number of rotatable bonds is 5. The van der Waals surface area contributed by atoms with Gasteiger partial charge in [-0.15, -0.1) is 0 Å². The number of hydrogen-bond donors (Lipinski definition) is 1. The highest BCUT2D eigenvalue weighted by atomic mass is 35.5. The van der Waals surface area contributed by atoms with Crippen LogP contribution in [0.4, 0.5) is 10.5 Å². The lowest BCUT2D eigenvalue weighted by Gasteiger charge is -2.24. The van der Waals surface area contributed by atoms with Crippen LogP contribution >= 0.6 is 11.6 Å². The topological polar surface area (TPSA) is 82.6 Å². The molecule has 1 aliphatic rings. The lowest BCUT2D eigenvalue weighted by Crippen LogP contribution is -2.28. The minimum atomic E-state index is -0.814. The van der Waals surface area contributed by atoms with Crippen molar-refractivity contribution in [2.24, 2.45) is 5.73 Å². The van der Waals surface area contributed by atoms with Crippen LogP contribution in [0.1, 0.15) is 11.1 Å². The van der Waals surface area contributed by atoms with E-state index in [-0.39, 0.29) is 6.61 Å². The number of hydrogen-bond acceptors (Lipinski definition) is 5. The monoisotopic (exact) mass is 368 g/mol. The molecule has 1 aliphatic heterocycles. The molecule has 1 heterocycles. The van der Waals surface area contributed by atoms with E-state index in [0.29, 0.717) is 23.8 Å². The average Bonchev–Trinajstić information content (AvgIpc) is 3.03. The lowest BCUT2D eigenvalue weighted by atomic mass is 10.1. The highest BCUT2D eigenvalue weighted by Crippen LogP contribution is 2.27. The summed E-state index contributed by atoms with van der Waals surface area (Å²) in [5.74, 6) is 0. The first-order chi connectivity index (χ1) is 12.5. The van der Waals surface area contributed by atoms with Gasteiger partial charge in [-0.3, -0.25) is 0 Å². The van der Waals surface area contributed by atoms with Gasteiger partial charge < -0.3 is 20.3 Å². The number of carbonyl (C=O) groups is 1. The second kappa shape index (κ2) is 7.81. The summed E-state index contributed by atoms with van der Waals surface area (Å²) in [6.45, 7) is 1.28. The average molecular weight is 369 g/mol. The Morgan fingerprint density at radius 3 is 2.69 bits per heavy atom. The molecule has 132 valence electrons. The second-order valence-electron chi connectivity index (χ2n) is 5.83. The summed E-state index contributed by atoms with van der Waals surface area (Å²) in [6.07, 6.45) is 1.10. The Labute approximate surface area is 156 Å². The Balaban J connectivity index is 1.79. The van der Waals surface area contributed by atoms with Gasteiger partial charge in [0.1, 0.15) is 6.61 Å². The summed E-state index contributed by atoms with van der Waals surface area (Å²) < 4.78 is 4.97. The minimum Gasteiger partial charge on any atom is -0.443 e. The normalized spacial score (nSPS) is 13.3.